The van der Waals surface area contributed by atoms with Gasteiger partial charge in [0, 0.05) is 36.9 Å². The number of fused-ring (bicyclic) bond motifs is 3. The van der Waals surface area contributed by atoms with E-state index in [9.17, 15) is 9.90 Å². The predicted octanol–water partition coefficient (Wildman–Crippen LogP) is 2.03. The standard InChI is InChI=1S/C21H28N4O2/c1-14(2)21(20(26)27,24-10-9-16(22)12-24)11-17-19-8-7-15-5-3-4-6-18(15)25(19)13-23-17/h3-6,13-14,16H,7-12,22H2,1-2H3,(H,26,27)/t16-,21-/m0/s1. The molecule has 27 heavy (non-hydrogen) atoms. The molecule has 6 nitrogen and oxygen atoms in total. The SMILES string of the molecule is CC(C)[C@@](Cc1ncn2c1CCc1ccccc1-2)(C(=O)O)N1CC[C@H](N)C1. The molecule has 2 atom stereocenters. The molecule has 0 aliphatic carbocycles. The van der Waals surface area contributed by atoms with E-state index in [1.165, 1.54) is 5.56 Å². The number of imidazole rings is 1. The Balaban J connectivity index is 1.74. The van der Waals surface area contributed by atoms with E-state index in [1.807, 2.05) is 26.2 Å². The highest BCUT2D eigenvalue weighted by atomic mass is 16.4. The Labute approximate surface area is 160 Å². The maximum Gasteiger partial charge on any atom is 0.324 e. The van der Waals surface area contributed by atoms with Gasteiger partial charge < -0.3 is 15.4 Å². The minimum absolute atomic E-state index is 0.0465. The first-order valence-corrected chi connectivity index (χ1v) is 9.81. The second-order valence-electron chi connectivity index (χ2n) is 8.19. The average Bonchev–Trinajstić information content (AvgIpc) is 3.25. The number of nitrogens with two attached hydrogens (primary N) is 1. The van der Waals surface area contributed by atoms with Crippen molar-refractivity contribution in [2.24, 2.45) is 11.7 Å². The highest BCUT2D eigenvalue weighted by Crippen LogP contribution is 2.35. The van der Waals surface area contributed by atoms with Crippen LogP contribution < -0.4 is 5.73 Å². The molecular formula is C21H28N4O2. The number of aromatic nitrogens is 2. The summed E-state index contributed by atoms with van der Waals surface area (Å²) in [5, 5.41) is 10.3. The Morgan fingerprint density at radius 2 is 2.15 bits per heavy atom. The van der Waals surface area contributed by atoms with E-state index in [-0.39, 0.29) is 12.0 Å². The van der Waals surface area contributed by atoms with Gasteiger partial charge in [-0.25, -0.2) is 4.98 Å². The zero-order valence-electron chi connectivity index (χ0n) is 16.1. The molecule has 3 heterocycles. The van der Waals surface area contributed by atoms with E-state index in [0.717, 1.165) is 42.9 Å². The molecule has 1 fully saturated rings. The quantitative estimate of drug-likeness (QED) is 0.844. The lowest BCUT2D eigenvalue weighted by Crippen LogP contribution is -2.59. The van der Waals surface area contributed by atoms with Crippen LogP contribution in [0.2, 0.25) is 0 Å². The number of aliphatic carboxylic acids is 1. The van der Waals surface area contributed by atoms with E-state index in [0.29, 0.717) is 13.0 Å². The summed E-state index contributed by atoms with van der Waals surface area (Å²) in [5.41, 5.74) is 9.65. The topological polar surface area (TPSA) is 84.4 Å². The Morgan fingerprint density at radius 3 is 2.81 bits per heavy atom. The fraction of sp³-hybridized carbons (Fsp3) is 0.524. The van der Waals surface area contributed by atoms with Gasteiger partial charge in [0.1, 0.15) is 5.54 Å². The number of carbonyl (C=O) groups is 1. The van der Waals surface area contributed by atoms with Crippen LogP contribution in [0, 0.1) is 5.92 Å². The van der Waals surface area contributed by atoms with Crippen LogP contribution in [0.25, 0.3) is 5.69 Å². The van der Waals surface area contributed by atoms with Gasteiger partial charge in [-0.15, -0.1) is 0 Å². The minimum atomic E-state index is -0.971. The van der Waals surface area contributed by atoms with Gasteiger partial charge in [-0.05, 0) is 36.8 Å². The van der Waals surface area contributed by atoms with Crippen molar-refractivity contribution in [3.63, 3.8) is 0 Å². The summed E-state index contributed by atoms with van der Waals surface area (Å²) in [4.78, 5) is 19.3. The summed E-state index contributed by atoms with van der Waals surface area (Å²) < 4.78 is 2.14. The average molecular weight is 368 g/mol. The molecule has 1 saturated heterocycles. The zero-order valence-corrected chi connectivity index (χ0v) is 16.1. The van der Waals surface area contributed by atoms with E-state index < -0.39 is 11.5 Å². The molecule has 0 amide bonds. The number of hydrogen-bond donors (Lipinski definition) is 2. The number of carboxylic acid groups (broad SMARTS) is 1. The molecule has 0 unspecified atom stereocenters. The molecule has 6 heteroatoms. The lowest BCUT2D eigenvalue weighted by Gasteiger charge is -2.41. The lowest BCUT2D eigenvalue weighted by molar-refractivity contribution is -0.154. The van der Waals surface area contributed by atoms with Crippen LogP contribution in [0.1, 0.15) is 37.2 Å². The molecule has 144 valence electrons. The molecule has 2 aromatic rings. The number of rotatable bonds is 5. The molecule has 0 bridgehead atoms. The van der Waals surface area contributed by atoms with Crippen LogP contribution in [-0.2, 0) is 24.1 Å². The third-order valence-electron chi connectivity index (χ3n) is 6.39. The lowest BCUT2D eigenvalue weighted by atomic mass is 9.79. The fourth-order valence-corrected chi connectivity index (χ4v) is 4.78. The van der Waals surface area contributed by atoms with Crippen molar-refractivity contribution in [2.75, 3.05) is 13.1 Å². The van der Waals surface area contributed by atoms with Crippen LogP contribution in [0.15, 0.2) is 30.6 Å². The fourth-order valence-electron chi connectivity index (χ4n) is 4.78. The number of nitrogens with zero attached hydrogens (tertiary/aromatic N) is 3. The molecular weight excluding hydrogens is 340 g/mol. The van der Waals surface area contributed by atoms with Crippen LogP contribution in [0.3, 0.4) is 0 Å². The van der Waals surface area contributed by atoms with Crippen molar-refractivity contribution in [1.82, 2.24) is 14.5 Å². The van der Waals surface area contributed by atoms with Crippen molar-refractivity contribution in [1.29, 1.82) is 0 Å². The van der Waals surface area contributed by atoms with Gasteiger partial charge in [-0.3, -0.25) is 9.69 Å². The number of carboxylic acids is 1. The van der Waals surface area contributed by atoms with Crippen molar-refractivity contribution in [3.8, 4) is 5.69 Å². The molecule has 2 aliphatic rings. The highest BCUT2D eigenvalue weighted by Gasteiger charge is 2.49. The van der Waals surface area contributed by atoms with Crippen LogP contribution in [0.4, 0.5) is 0 Å². The van der Waals surface area contributed by atoms with E-state index in [2.05, 4.69) is 32.7 Å². The van der Waals surface area contributed by atoms with Crippen molar-refractivity contribution < 1.29 is 9.90 Å². The first-order valence-electron chi connectivity index (χ1n) is 9.81. The second-order valence-corrected chi connectivity index (χ2v) is 8.19. The van der Waals surface area contributed by atoms with Crippen LogP contribution in [0.5, 0.6) is 0 Å². The number of benzene rings is 1. The van der Waals surface area contributed by atoms with Crippen molar-refractivity contribution >= 4 is 5.97 Å². The Morgan fingerprint density at radius 1 is 1.37 bits per heavy atom. The molecule has 0 radical (unpaired) electrons. The highest BCUT2D eigenvalue weighted by molar-refractivity contribution is 5.80. The molecule has 3 N–H and O–H groups in total. The van der Waals surface area contributed by atoms with Crippen LogP contribution in [-0.4, -0.2) is 50.2 Å². The van der Waals surface area contributed by atoms with Gasteiger partial charge >= 0.3 is 5.97 Å². The van der Waals surface area contributed by atoms with Gasteiger partial charge in [-0.2, -0.15) is 0 Å². The summed E-state index contributed by atoms with van der Waals surface area (Å²) in [6, 6.07) is 8.40. The monoisotopic (exact) mass is 368 g/mol. The molecule has 0 spiro atoms. The van der Waals surface area contributed by atoms with E-state index in [4.69, 9.17) is 5.73 Å². The maximum atomic E-state index is 12.5. The summed E-state index contributed by atoms with van der Waals surface area (Å²) in [7, 11) is 0. The molecule has 1 aromatic carbocycles. The summed E-state index contributed by atoms with van der Waals surface area (Å²) in [6.07, 6.45) is 4.96. The first kappa shape index (κ1) is 18.2. The second kappa shape index (κ2) is 6.77. The molecule has 4 rings (SSSR count). The number of aryl methyl sites for hydroxylation is 1. The number of hydrogen-bond acceptors (Lipinski definition) is 4. The van der Waals surface area contributed by atoms with Gasteiger partial charge in [0.2, 0.25) is 0 Å². The summed E-state index contributed by atoms with van der Waals surface area (Å²) in [5.74, 6) is -0.821. The van der Waals surface area contributed by atoms with Crippen molar-refractivity contribution in [2.45, 2.75) is 51.1 Å². The molecule has 2 aliphatic heterocycles. The Bertz CT molecular complexity index is 860. The van der Waals surface area contributed by atoms with Gasteiger partial charge in [-0.1, -0.05) is 32.0 Å². The van der Waals surface area contributed by atoms with E-state index >= 15 is 0 Å². The van der Waals surface area contributed by atoms with Gasteiger partial charge in [0.15, 0.2) is 0 Å². The minimum Gasteiger partial charge on any atom is -0.480 e. The Kier molecular flexibility index (Phi) is 4.56. The zero-order chi connectivity index (χ0) is 19.2. The first-order chi connectivity index (χ1) is 12.9. The normalized spacial score (nSPS) is 21.7. The summed E-state index contributed by atoms with van der Waals surface area (Å²) >= 11 is 0. The predicted molar refractivity (Wildman–Crippen MR) is 104 cm³/mol. The molecule has 1 aromatic heterocycles. The van der Waals surface area contributed by atoms with Gasteiger partial charge in [0.05, 0.1) is 12.0 Å². The third kappa shape index (κ3) is 2.87. The summed E-state index contributed by atoms with van der Waals surface area (Å²) in [6.45, 7) is 5.35. The number of likely N-dealkylation sites (tertiary alicyclic amines) is 1. The van der Waals surface area contributed by atoms with E-state index in [1.54, 1.807) is 0 Å². The third-order valence-corrected chi connectivity index (χ3v) is 6.39. The Hall–Kier alpha value is -2.18. The smallest absolute Gasteiger partial charge is 0.324 e. The number of para-hydroxylation sites is 1. The molecule has 0 saturated carbocycles. The van der Waals surface area contributed by atoms with Crippen molar-refractivity contribution in [3.05, 3.63) is 47.5 Å². The van der Waals surface area contributed by atoms with Gasteiger partial charge in [0.25, 0.3) is 0 Å². The van der Waals surface area contributed by atoms with Crippen LogP contribution >= 0.6 is 0 Å². The largest absolute Gasteiger partial charge is 0.480 e. The maximum absolute atomic E-state index is 12.5.